The van der Waals surface area contributed by atoms with Crippen molar-refractivity contribution in [2.75, 3.05) is 5.73 Å². The molecule has 88 valence electrons. The van der Waals surface area contributed by atoms with Crippen LogP contribution in [0.15, 0.2) is 30.5 Å². The van der Waals surface area contributed by atoms with Crippen LogP contribution in [0.4, 0.5) is 5.69 Å². The van der Waals surface area contributed by atoms with Gasteiger partial charge in [-0.3, -0.25) is 4.79 Å². The van der Waals surface area contributed by atoms with Crippen molar-refractivity contribution in [1.29, 1.82) is 0 Å². The number of pyridine rings is 1. The Kier molecular flexibility index (Phi) is 3.61. The van der Waals surface area contributed by atoms with Gasteiger partial charge in [-0.15, -0.1) is 11.3 Å². The average Bonchev–Trinajstić information content (AvgIpc) is 2.73. The lowest BCUT2D eigenvalue weighted by atomic mass is 10.3. The SMILES string of the molecule is Nc1ccc(C(=O)NCc2ccc(Cl)s2)nc1. The van der Waals surface area contributed by atoms with Crippen LogP contribution in [0.5, 0.6) is 0 Å². The maximum atomic E-state index is 11.7. The van der Waals surface area contributed by atoms with E-state index in [0.29, 0.717) is 22.3 Å². The quantitative estimate of drug-likeness (QED) is 0.897. The first-order valence-electron chi connectivity index (χ1n) is 4.89. The summed E-state index contributed by atoms with van der Waals surface area (Å²) in [4.78, 5) is 16.6. The van der Waals surface area contributed by atoms with Crippen LogP contribution in [0.3, 0.4) is 0 Å². The van der Waals surface area contributed by atoms with Gasteiger partial charge >= 0.3 is 0 Å². The molecule has 4 nitrogen and oxygen atoms in total. The summed E-state index contributed by atoms with van der Waals surface area (Å²) in [5.41, 5.74) is 6.37. The van der Waals surface area contributed by atoms with Crippen molar-refractivity contribution >= 4 is 34.5 Å². The van der Waals surface area contributed by atoms with Gasteiger partial charge in [0.2, 0.25) is 0 Å². The molecule has 0 aromatic carbocycles. The fourth-order valence-corrected chi connectivity index (χ4v) is 2.27. The minimum absolute atomic E-state index is 0.227. The van der Waals surface area contributed by atoms with E-state index in [9.17, 15) is 4.79 Å². The largest absolute Gasteiger partial charge is 0.397 e. The molecule has 0 aliphatic rings. The molecule has 0 bridgehead atoms. The average molecular weight is 268 g/mol. The molecular formula is C11H10ClN3OS. The number of carbonyl (C=O) groups is 1. The van der Waals surface area contributed by atoms with Gasteiger partial charge in [-0.05, 0) is 24.3 Å². The van der Waals surface area contributed by atoms with Crippen molar-refractivity contribution in [2.45, 2.75) is 6.54 Å². The van der Waals surface area contributed by atoms with Crippen LogP contribution in [-0.2, 0) is 6.54 Å². The molecule has 0 aliphatic carbocycles. The van der Waals surface area contributed by atoms with Gasteiger partial charge in [0.1, 0.15) is 5.69 Å². The Morgan fingerprint density at radius 1 is 1.41 bits per heavy atom. The molecule has 0 radical (unpaired) electrons. The number of nitrogen functional groups attached to an aromatic ring is 1. The molecule has 0 fully saturated rings. The van der Waals surface area contributed by atoms with Crippen molar-refractivity contribution in [1.82, 2.24) is 10.3 Å². The van der Waals surface area contributed by atoms with E-state index in [0.717, 1.165) is 4.88 Å². The molecule has 0 unspecified atom stereocenters. The van der Waals surface area contributed by atoms with E-state index < -0.39 is 0 Å². The summed E-state index contributed by atoms with van der Waals surface area (Å²) in [7, 11) is 0. The van der Waals surface area contributed by atoms with Gasteiger partial charge in [-0.25, -0.2) is 4.98 Å². The third-order valence-electron chi connectivity index (χ3n) is 2.07. The fraction of sp³-hybridized carbons (Fsp3) is 0.0909. The third kappa shape index (κ3) is 3.18. The highest BCUT2D eigenvalue weighted by molar-refractivity contribution is 7.16. The number of nitrogens with one attached hydrogen (secondary N) is 1. The van der Waals surface area contributed by atoms with Gasteiger partial charge in [-0.1, -0.05) is 11.6 Å². The Balaban J connectivity index is 1.95. The van der Waals surface area contributed by atoms with Crippen molar-refractivity contribution in [2.24, 2.45) is 0 Å². The van der Waals surface area contributed by atoms with E-state index >= 15 is 0 Å². The number of rotatable bonds is 3. The van der Waals surface area contributed by atoms with Crippen LogP contribution in [0.1, 0.15) is 15.4 Å². The number of nitrogens with two attached hydrogens (primary N) is 1. The Labute approximate surface area is 107 Å². The summed E-state index contributed by atoms with van der Waals surface area (Å²) in [6, 6.07) is 6.91. The molecular weight excluding hydrogens is 258 g/mol. The van der Waals surface area contributed by atoms with Crippen molar-refractivity contribution < 1.29 is 4.79 Å². The standard InChI is InChI=1S/C11H10ClN3OS/c12-10-4-2-8(17-10)6-15-11(16)9-3-1-7(13)5-14-9/h1-5H,6,13H2,(H,15,16). The van der Waals surface area contributed by atoms with Gasteiger partial charge in [-0.2, -0.15) is 0 Å². The van der Waals surface area contributed by atoms with E-state index in [-0.39, 0.29) is 5.91 Å². The molecule has 2 rings (SSSR count). The number of amides is 1. The van der Waals surface area contributed by atoms with E-state index in [1.807, 2.05) is 6.07 Å². The van der Waals surface area contributed by atoms with Crippen LogP contribution < -0.4 is 11.1 Å². The molecule has 17 heavy (non-hydrogen) atoms. The number of hydrogen-bond acceptors (Lipinski definition) is 4. The first-order chi connectivity index (χ1) is 8.15. The molecule has 0 atom stereocenters. The number of nitrogens with zero attached hydrogens (tertiary/aromatic N) is 1. The summed E-state index contributed by atoms with van der Waals surface area (Å²) in [6.07, 6.45) is 1.46. The molecule has 0 aliphatic heterocycles. The second-order valence-electron chi connectivity index (χ2n) is 3.37. The van der Waals surface area contributed by atoms with Gasteiger partial charge in [0.05, 0.1) is 22.8 Å². The van der Waals surface area contributed by atoms with Crippen LogP contribution in [0, 0.1) is 0 Å². The maximum absolute atomic E-state index is 11.7. The number of thiophene rings is 1. The van der Waals surface area contributed by atoms with Gasteiger partial charge in [0.25, 0.3) is 5.91 Å². The van der Waals surface area contributed by atoms with E-state index in [2.05, 4.69) is 10.3 Å². The van der Waals surface area contributed by atoms with Crippen LogP contribution in [-0.4, -0.2) is 10.9 Å². The van der Waals surface area contributed by atoms with Crippen LogP contribution in [0.2, 0.25) is 4.34 Å². The second-order valence-corrected chi connectivity index (χ2v) is 5.16. The summed E-state index contributed by atoms with van der Waals surface area (Å²) in [5.74, 6) is -0.227. The zero-order valence-corrected chi connectivity index (χ0v) is 10.4. The summed E-state index contributed by atoms with van der Waals surface area (Å²) in [6.45, 7) is 0.447. The lowest BCUT2D eigenvalue weighted by Crippen LogP contribution is -2.23. The lowest BCUT2D eigenvalue weighted by molar-refractivity contribution is 0.0946. The Morgan fingerprint density at radius 3 is 2.82 bits per heavy atom. The zero-order valence-electron chi connectivity index (χ0n) is 8.81. The van der Waals surface area contributed by atoms with E-state index in [4.69, 9.17) is 17.3 Å². The maximum Gasteiger partial charge on any atom is 0.270 e. The van der Waals surface area contributed by atoms with E-state index in [1.165, 1.54) is 17.5 Å². The summed E-state index contributed by atoms with van der Waals surface area (Å²) < 4.78 is 0.708. The molecule has 0 saturated heterocycles. The highest BCUT2D eigenvalue weighted by Crippen LogP contribution is 2.21. The number of halogens is 1. The Hall–Kier alpha value is -1.59. The number of carbonyl (C=O) groups excluding carboxylic acids is 1. The minimum atomic E-state index is -0.227. The van der Waals surface area contributed by atoms with E-state index in [1.54, 1.807) is 18.2 Å². The zero-order chi connectivity index (χ0) is 12.3. The first-order valence-corrected chi connectivity index (χ1v) is 6.08. The third-order valence-corrected chi connectivity index (χ3v) is 3.30. The first kappa shape index (κ1) is 11.9. The predicted molar refractivity (Wildman–Crippen MR) is 69.1 cm³/mol. The van der Waals surface area contributed by atoms with Gasteiger partial charge in [0, 0.05) is 4.88 Å². The predicted octanol–water partition coefficient (Wildman–Crippen LogP) is 2.31. The molecule has 2 aromatic rings. The molecule has 1 amide bonds. The number of hydrogen-bond donors (Lipinski definition) is 2. The Morgan fingerprint density at radius 2 is 2.24 bits per heavy atom. The summed E-state index contributed by atoms with van der Waals surface area (Å²) in [5, 5.41) is 2.76. The van der Waals surface area contributed by atoms with Crippen molar-refractivity contribution in [3.8, 4) is 0 Å². The smallest absolute Gasteiger partial charge is 0.270 e. The van der Waals surface area contributed by atoms with Crippen LogP contribution in [0.25, 0.3) is 0 Å². The molecule has 3 N–H and O–H groups in total. The van der Waals surface area contributed by atoms with Gasteiger partial charge < -0.3 is 11.1 Å². The highest BCUT2D eigenvalue weighted by Gasteiger charge is 2.07. The molecule has 2 aromatic heterocycles. The monoisotopic (exact) mass is 267 g/mol. The molecule has 2 heterocycles. The fourth-order valence-electron chi connectivity index (χ4n) is 1.24. The number of aromatic nitrogens is 1. The molecule has 0 saturated carbocycles. The Bertz CT molecular complexity index is 524. The van der Waals surface area contributed by atoms with Gasteiger partial charge in [0.15, 0.2) is 0 Å². The lowest BCUT2D eigenvalue weighted by Gasteiger charge is -2.02. The summed E-state index contributed by atoms with van der Waals surface area (Å²) >= 11 is 7.23. The van der Waals surface area contributed by atoms with Crippen molar-refractivity contribution in [3.05, 3.63) is 45.4 Å². The minimum Gasteiger partial charge on any atom is -0.397 e. The highest BCUT2D eigenvalue weighted by atomic mass is 35.5. The second kappa shape index (κ2) is 5.16. The topological polar surface area (TPSA) is 68.0 Å². The number of anilines is 1. The van der Waals surface area contributed by atoms with Crippen LogP contribution >= 0.6 is 22.9 Å². The molecule has 6 heteroatoms. The van der Waals surface area contributed by atoms with Crippen molar-refractivity contribution in [3.63, 3.8) is 0 Å². The normalized spacial score (nSPS) is 10.2. The molecule has 0 spiro atoms.